The van der Waals surface area contributed by atoms with Crippen LogP contribution in [0.4, 0.5) is 0 Å². The molecule has 0 saturated carbocycles. The highest BCUT2D eigenvalue weighted by molar-refractivity contribution is 7.55. The van der Waals surface area contributed by atoms with Crippen molar-refractivity contribution < 1.29 is 27.9 Å². The predicted octanol–water partition coefficient (Wildman–Crippen LogP) is 4.38. The molecule has 1 aliphatic carbocycles. The predicted molar refractivity (Wildman–Crippen MR) is 107 cm³/mol. The highest BCUT2D eigenvalue weighted by Gasteiger charge is 2.56. The first kappa shape index (κ1) is 20.0. The molecule has 1 heterocycles. The molecule has 29 heavy (non-hydrogen) atoms. The molecule has 3 atom stereocenters. The van der Waals surface area contributed by atoms with Crippen LogP contribution in [0, 0.1) is 5.92 Å². The fraction of sp³-hybridized carbons (Fsp3) is 0.364. The van der Waals surface area contributed by atoms with Crippen LogP contribution in [0.25, 0.3) is 0 Å². The highest BCUT2D eigenvalue weighted by atomic mass is 31.2. The number of hydrogen-bond acceptors (Lipinski definition) is 6. The van der Waals surface area contributed by atoms with E-state index in [2.05, 4.69) is 0 Å². The molecule has 152 valence electrons. The Labute approximate surface area is 169 Å². The number of esters is 1. The van der Waals surface area contributed by atoms with E-state index in [1.807, 2.05) is 30.3 Å². The topological polar surface area (TPSA) is 78.9 Å². The van der Waals surface area contributed by atoms with E-state index in [4.69, 9.17) is 13.8 Å². The number of rotatable bonds is 6. The van der Waals surface area contributed by atoms with E-state index >= 15 is 0 Å². The van der Waals surface area contributed by atoms with Crippen molar-refractivity contribution in [2.45, 2.75) is 31.8 Å². The molecule has 0 spiro atoms. The van der Waals surface area contributed by atoms with Crippen molar-refractivity contribution in [2.75, 3.05) is 13.2 Å². The Kier molecular flexibility index (Phi) is 5.43. The van der Waals surface area contributed by atoms with Crippen LogP contribution >= 0.6 is 7.60 Å². The van der Waals surface area contributed by atoms with Crippen molar-refractivity contribution in [1.29, 1.82) is 0 Å². The van der Waals surface area contributed by atoms with Crippen molar-refractivity contribution in [1.82, 2.24) is 0 Å². The maximum absolute atomic E-state index is 13.7. The summed E-state index contributed by atoms with van der Waals surface area (Å²) in [7, 11) is -3.86. The van der Waals surface area contributed by atoms with E-state index in [1.165, 1.54) is 0 Å². The molecule has 0 amide bonds. The van der Waals surface area contributed by atoms with Crippen LogP contribution in [-0.4, -0.2) is 30.6 Å². The first-order chi connectivity index (χ1) is 14.0. The third-order valence-electron chi connectivity index (χ3n) is 5.52. The molecule has 0 fully saturated rings. The third-order valence-corrected chi connectivity index (χ3v) is 7.97. The monoisotopic (exact) mass is 414 g/mol. The Balaban J connectivity index is 1.86. The second kappa shape index (κ2) is 7.86. The minimum atomic E-state index is -3.86. The normalized spacial score (nSPS) is 23.4. The SMILES string of the molecule is CCOP(=O)(OCC)[C@H]1C(=O)Oc2ccccc2[C@@H]1[C@@H]1Cc2ccccc2C1=O. The summed E-state index contributed by atoms with van der Waals surface area (Å²) >= 11 is 0. The Morgan fingerprint density at radius 2 is 1.66 bits per heavy atom. The molecule has 7 heteroatoms. The number of ether oxygens (including phenoxy) is 1. The molecule has 2 aliphatic rings. The molecule has 1 aliphatic heterocycles. The zero-order valence-corrected chi connectivity index (χ0v) is 17.3. The van der Waals surface area contributed by atoms with Crippen molar-refractivity contribution in [3.8, 4) is 5.75 Å². The second-order valence-corrected chi connectivity index (χ2v) is 9.29. The van der Waals surface area contributed by atoms with Crippen molar-refractivity contribution in [2.24, 2.45) is 5.92 Å². The number of carbonyl (C=O) groups excluding carboxylic acids is 2. The molecule has 2 aromatic rings. The molecule has 0 aromatic heterocycles. The number of carbonyl (C=O) groups is 2. The van der Waals surface area contributed by atoms with Gasteiger partial charge in [0.25, 0.3) is 0 Å². The van der Waals surface area contributed by atoms with E-state index in [9.17, 15) is 14.2 Å². The van der Waals surface area contributed by atoms with Gasteiger partial charge in [-0.2, -0.15) is 0 Å². The minimum absolute atomic E-state index is 0.0559. The van der Waals surface area contributed by atoms with Crippen molar-refractivity contribution in [3.05, 3.63) is 65.2 Å². The van der Waals surface area contributed by atoms with Gasteiger partial charge in [-0.05, 0) is 31.9 Å². The molecule has 2 aromatic carbocycles. The summed E-state index contributed by atoms with van der Waals surface area (Å²) in [6, 6.07) is 14.5. The average molecular weight is 414 g/mol. The Bertz CT molecular complexity index is 990. The lowest BCUT2D eigenvalue weighted by Crippen LogP contribution is -2.42. The van der Waals surface area contributed by atoms with Gasteiger partial charge in [-0.25, -0.2) is 0 Å². The Morgan fingerprint density at radius 1 is 1.00 bits per heavy atom. The summed E-state index contributed by atoms with van der Waals surface area (Å²) in [6.07, 6.45) is 0.468. The third kappa shape index (κ3) is 3.35. The molecular formula is C22H23O6P. The zero-order chi connectivity index (χ0) is 20.6. The van der Waals surface area contributed by atoms with Crippen LogP contribution < -0.4 is 4.74 Å². The zero-order valence-electron chi connectivity index (χ0n) is 16.4. The van der Waals surface area contributed by atoms with Gasteiger partial charge >= 0.3 is 13.6 Å². The Morgan fingerprint density at radius 3 is 2.34 bits per heavy atom. The van der Waals surface area contributed by atoms with Gasteiger partial charge in [0, 0.05) is 23.0 Å². The number of fused-ring (bicyclic) bond motifs is 2. The van der Waals surface area contributed by atoms with E-state index in [0.717, 1.165) is 5.56 Å². The summed E-state index contributed by atoms with van der Waals surface area (Å²) in [5, 5.41) is 0. The summed E-state index contributed by atoms with van der Waals surface area (Å²) in [5.41, 5.74) is 1.07. The van der Waals surface area contributed by atoms with Gasteiger partial charge in [-0.3, -0.25) is 14.2 Å². The molecule has 6 nitrogen and oxygen atoms in total. The fourth-order valence-electron chi connectivity index (χ4n) is 4.41. The molecule has 0 N–H and O–H groups in total. The first-order valence-corrected chi connectivity index (χ1v) is 11.4. The molecule has 0 radical (unpaired) electrons. The van der Waals surface area contributed by atoms with Crippen LogP contribution in [0.2, 0.25) is 0 Å². The number of benzene rings is 2. The van der Waals surface area contributed by atoms with Crippen LogP contribution in [0.15, 0.2) is 48.5 Å². The number of hydrogen-bond donors (Lipinski definition) is 0. The second-order valence-electron chi connectivity index (χ2n) is 7.14. The van der Waals surface area contributed by atoms with Gasteiger partial charge in [0.1, 0.15) is 5.75 Å². The maximum atomic E-state index is 13.7. The first-order valence-electron chi connectivity index (χ1n) is 9.81. The number of Topliss-reactive ketones (excluding diaryl/α,β-unsaturated/α-hetero) is 1. The standard InChI is InChI=1S/C22H23O6P/c1-3-26-29(25,27-4-2)21-19(16-11-7-8-12-18(16)28-22(21)24)17-13-14-9-5-6-10-15(14)20(17)23/h5-12,17,19,21H,3-4,13H2,1-2H3/t17-,19+,21+/m0/s1. The fourth-order valence-corrected chi connectivity index (χ4v) is 6.60. The van der Waals surface area contributed by atoms with E-state index in [1.54, 1.807) is 32.0 Å². The molecule has 0 unspecified atom stereocenters. The van der Waals surface area contributed by atoms with Gasteiger partial charge in [-0.15, -0.1) is 0 Å². The van der Waals surface area contributed by atoms with E-state index in [0.29, 0.717) is 23.3 Å². The van der Waals surface area contributed by atoms with Crippen LogP contribution in [-0.2, 0) is 24.8 Å². The van der Waals surface area contributed by atoms with Crippen molar-refractivity contribution in [3.63, 3.8) is 0 Å². The summed E-state index contributed by atoms with van der Waals surface area (Å²) in [5.74, 6) is -1.54. The van der Waals surface area contributed by atoms with E-state index in [-0.39, 0.29) is 19.0 Å². The minimum Gasteiger partial charge on any atom is -0.426 e. The number of ketones is 1. The van der Waals surface area contributed by atoms with E-state index < -0.39 is 31.1 Å². The van der Waals surface area contributed by atoms with Crippen LogP contribution in [0.1, 0.15) is 41.3 Å². The number of para-hydroxylation sites is 1. The van der Waals surface area contributed by atoms with Crippen LogP contribution in [0.5, 0.6) is 5.75 Å². The quantitative estimate of drug-likeness (QED) is 0.397. The molecule has 0 saturated heterocycles. The molecular weight excluding hydrogens is 391 g/mol. The molecule has 0 bridgehead atoms. The highest BCUT2D eigenvalue weighted by Crippen LogP contribution is 2.62. The summed E-state index contributed by atoms with van der Waals surface area (Å²) < 4.78 is 30.2. The molecule has 4 rings (SSSR count). The van der Waals surface area contributed by atoms with Gasteiger partial charge < -0.3 is 13.8 Å². The summed E-state index contributed by atoms with van der Waals surface area (Å²) in [6.45, 7) is 3.63. The maximum Gasteiger partial charge on any atom is 0.345 e. The largest absolute Gasteiger partial charge is 0.426 e. The van der Waals surface area contributed by atoms with Gasteiger partial charge in [-0.1, -0.05) is 42.5 Å². The lowest BCUT2D eigenvalue weighted by Gasteiger charge is -2.37. The summed E-state index contributed by atoms with van der Waals surface area (Å²) in [4.78, 5) is 26.3. The average Bonchev–Trinajstić information content (AvgIpc) is 3.04. The lowest BCUT2D eigenvalue weighted by molar-refractivity contribution is -0.136. The van der Waals surface area contributed by atoms with Crippen LogP contribution in [0.3, 0.4) is 0 Å². The van der Waals surface area contributed by atoms with Gasteiger partial charge in [0.2, 0.25) is 0 Å². The smallest absolute Gasteiger partial charge is 0.345 e. The van der Waals surface area contributed by atoms with Crippen molar-refractivity contribution >= 4 is 19.3 Å². The lowest BCUT2D eigenvalue weighted by atomic mass is 9.79. The van der Waals surface area contributed by atoms with Gasteiger partial charge in [0.15, 0.2) is 11.4 Å². The Hall–Kier alpha value is -2.27. The van der Waals surface area contributed by atoms with Gasteiger partial charge in [0.05, 0.1) is 13.2 Å².